The first-order chi connectivity index (χ1) is 13.2. The van der Waals surface area contributed by atoms with Gasteiger partial charge in [0.15, 0.2) is 5.82 Å². The minimum atomic E-state index is -0.897. The number of amides is 1. The van der Waals surface area contributed by atoms with Crippen molar-refractivity contribution in [3.8, 4) is 11.7 Å². The normalized spacial score (nSPS) is 13.4. The van der Waals surface area contributed by atoms with Gasteiger partial charge >= 0.3 is 5.91 Å². The lowest BCUT2D eigenvalue weighted by atomic mass is 10.1. The molecule has 0 spiro atoms. The maximum Gasteiger partial charge on any atom is 0.316 e. The summed E-state index contributed by atoms with van der Waals surface area (Å²) < 4.78 is 21.3. The summed E-state index contributed by atoms with van der Waals surface area (Å²) in [6.45, 7) is 0.0248. The summed E-state index contributed by atoms with van der Waals surface area (Å²) in [6.07, 6.45) is 5.09. The Kier molecular flexibility index (Phi) is 4.45. The van der Waals surface area contributed by atoms with Gasteiger partial charge in [0.2, 0.25) is 5.88 Å². The van der Waals surface area contributed by atoms with Gasteiger partial charge in [-0.25, -0.2) is 9.37 Å². The highest BCUT2D eigenvalue weighted by Crippen LogP contribution is 2.40. The molecular weight excluding hydrogens is 351 g/mol. The predicted molar refractivity (Wildman–Crippen MR) is 94.2 cm³/mol. The predicted octanol–water partition coefficient (Wildman–Crippen LogP) is 3.77. The number of pyridine rings is 1. The lowest BCUT2D eigenvalue weighted by Gasteiger charge is -2.10. The molecule has 0 N–H and O–H groups in total. The highest BCUT2D eigenvalue weighted by atomic mass is 19.1. The van der Waals surface area contributed by atoms with Gasteiger partial charge in [-0.2, -0.15) is 9.78 Å². The standard InChI is InChI=1S/C19H15FN4O3/c20-16-9-13(12-1-2-12)3-4-15(16)11-27-18-6-8-22-24(18)17-10-14(5-7-21-17)19(25)23-26/h3-10,12H,1-2,11H2. The Labute approximate surface area is 153 Å². The summed E-state index contributed by atoms with van der Waals surface area (Å²) in [7, 11) is 0. The van der Waals surface area contributed by atoms with Crippen LogP contribution >= 0.6 is 0 Å². The van der Waals surface area contributed by atoms with Crippen LogP contribution in [0.15, 0.2) is 54.0 Å². The maximum absolute atomic E-state index is 14.3. The summed E-state index contributed by atoms with van der Waals surface area (Å²) in [6, 6.07) is 9.60. The number of benzene rings is 1. The number of carbonyl (C=O) groups is 1. The van der Waals surface area contributed by atoms with Crippen molar-refractivity contribution < 1.29 is 13.9 Å². The molecule has 1 fully saturated rings. The molecule has 1 aliphatic carbocycles. The van der Waals surface area contributed by atoms with Gasteiger partial charge in [-0.05, 0) is 42.5 Å². The van der Waals surface area contributed by atoms with Crippen molar-refractivity contribution >= 4 is 5.91 Å². The first-order valence-corrected chi connectivity index (χ1v) is 8.45. The van der Waals surface area contributed by atoms with Gasteiger partial charge in [0.1, 0.15) is 12.4 Å². The van der Waals surface area contributed by atoms with Gasteiger partial charge in [0.05, 0.1) is 11.8 Å². The molecular formula is C19H15FN4O3. The van der Waals surface area contributed by atoms with E-state index in [2.05, 4.69) is 15.3 Å². The number of nitroso groups, excluding NO2 is 1. The Morgan fingerprint density at radius 2 is 2.07 bits per heavy atom. The molecule has 2 heterocycles. The van der Waals surface area contributed by atoms with Crippen LogP contribution in [0.25, 0.3) is 5.82 Å². The number of rotatable bonds is 6. The highest BCUT2D eigenvalue weighted by molar-refractivity contribution is 5.95. The third-order valence-corrected chi connectivity index (χ3v) is 4.40. The third kappa shape index (κ3) is 3.59. The third-order valence-electron chi connectivity index (χ3n) is 4.40. The molecule has 4 rings (SSSR count). The molecule has 8 heteroatoms. The Hall–Kier alpha value is -3.42. The maximum atomic E-state index is 14.3. The Morgan fingerprint density at radius 3 is 2.81 bits per heavy atom. The molecule has 136 valence electrons. The van der Waals surface area contributed by atoms with E-state index in [1.54, 1.807) is 18.2 Å². The summed E-state index contributed by atoms with van der Waals surface area (Å²) in [5.74, 6) is -0.0944. The summed E-state index contributed by atoms with van der Waals surface area (Å²) in [4.78, 5) is 26.0. The molecule has 0 radical (unpaired) electrons. The molecule has 1 saturated carbocycles. The largest absolute Gasteiger partial charge is 0.473 e. The van der Waals surface area contributed by atoms with E-state index in [1.165, 1.54) is 29.2 Å². The van der Waals surface area contributed by atoms with Crippen LogP contribution < -0.4 is 4.74 Å². The van der Waals surface area contributed by atoms with Crippen LogP contribution in [0.1, 0.15) is 40.2 Å². The monoisotopic (exact) mass is 366 g/mol. The fourth-order valence-corrected chi connectivity index (χ4v) is 2.80. The van der Waals surface area contributed by atoms with E-state index in [9.17, 15) is 14.1 Å². The van der Waals surface area contributed by atoms with E-state index < -0.39 is 5.91 Å². The molecule has 0 unspecified atom stereocenters. The van der Waals surface area contributed by atoms with Crippen molar-refractivity contribution in [1.82, 2.24) is 14.8 Å². The number of hydrogen-bond acceptors (Lipinski definition) is 5. The number of nitrogens with zero attached hydrogens (tertiary/aromatic N) is 4. The van der Waals surface area contributed by atoms with E-state index in [0.29, 0.717) is 17.4 Å². The Morgan fingerprint density at radius 1 is 1.22 bits per heavy atom. The van der Waals surface area contributed by atoms with Crippen LogP contribution in [0.3, 0.4) is 0 Å². The highest BCUT2D eigenvalue weighted by Gasteiger charge is 2.24. The van der Waals surface area contributed by atoms with E-state index >= 15 is 0 Å². The van der Waals surface area contributed by atoms with Crippen LogP contribution in [-0.4, -0.2) is 20.7 Å². The van der Waals surface area contributed by atoms with Crippen LogP contribution in [-0.2, 0) is 6.61 Å². The van der Waals surface area contributed by atoms with Crippen LogP contribution in [0.5, 0.6) is 5.88 Å². The number of hydrogen-bond donors (Lipinski definition) is 0. The smallest absolute Gasteiger partial charge is 0.316 e. The van der Waals surface area contributed by atoms with E-state index in [-0.39, 0.29) is 23.8 Å². The molecule has 1 aromatic carbocycles. The second kappa shape index (κ2) is 7.06. The van der Waals surface area contributed by atoms with Gasteiger partial charge in [-0.1, -0.05) is 12.1 Å². The molecule has 0 atom stereocenters. The average molecular weight is 366 g/mol. The van der Waals surface area contributed by atoms with Crippen molar-refractivity contribution in [3.05, 3.63) is 76.2 Å². The number of aromatic nitrogens is 3. The Balaban J connectivity index is 1.53. The molecule has 0 saturated heterocycles. The van der Waals surface area contributed by atoms with Crippen LogP contribution in [0.2, 0.25) is 0 Å². The molecule has 3 aromatic rings. The number of carbonyl (C=O) groups excluding carboxylic acids is 1. The minimum Gasteiger partial charge on any atom is -0.473 e. The van der Waals surface area contributed by atoms with E-state index in [0.717, 1.165) is 18.4 Å². The van der Waals surface area contributed by atoms with Gasteiger partial charge in [-0.3, -0.25) is 4.79 Å². The second-order valence-corrected chi connectivity index (χ2v) is 6.29. The number of ether oxygens (including phenoxy) is 1. The van der Waals surface area contributed by atoms with E-state index in [1.807, 2.05) is 6.07 Å². The zero-order chi connectivity index (χ0) is 18.8. The molecule has 0 bridgehead atoms. The van der Waals surface area contributed by atoms with Crippen molar-refractivity contribution in [2.24, 2.45) is 5.18 Å². The SMILES string of the molecule is O=NC(=O)c1ccnc(-n2nccc2OCc2ccc(C3CC3)cc2F)c1. The summed E-state index contributed by atoms with van der Waals surface area (Å²) in [5.41, 5.74) is 1.56. The molecule has 27 heavy (non-hydrogen) atoms. The topological polar surface area (TPSA) is 86.4 Å². The number of halogens is 1. The fourth-order valence-electron chi connectivity index (χ4n) is 2.80. The molecule has 7 nitrogen and oxygen atoms in total. The Bertz CT molecular complexity index is 1010. The zero-order valence-electron chi connectivity index (χ0n) is 14.2. The van der Waals surface area contributed by atoms with Gasteiger partial charge in [0.25, 0.3) is 0 Å². The lowest BCUT2D eigenvalue weighted by Crippen LogP contribution is -2.07. The molecule has 1 amide bonds. The van der Waals surface area contributed by atoms with Gasteiger partial charge in [0, 0.05) is 23.0 Å². The molecule has 0 aliphatic heterocycles. The second-order valence-electron chi connectivity index (χ2n) is 6.29. The van der Waals surface area contributed by atoms with Crippen molar-refractivity contribution in [2.75, 3.05) is 0 Å². The molecule has 2 aromatic heterocycles. The quantitative estimate of drug-likeness (QED) is 0.620. The molecule has 1 aliphatic rings. The van der Waals surface area contributed by atoms with Gasteiger partial charge in [-0.15, -0.1) is 4.91 Å². The van der Waals surface area contributed by atoms with Crippen LogP contribution in [0, 0.1) is 10.7 Å². The lowest BCUT2D eigenvalue weighted by molar-refractivity contribution is 0.100. The van der Waals surface area contributed by atoms with Gasteiger partial charge < -0.3 is 4.74 Å². The summed E-state index contributed by atoms with van der Waals surface area (Å²) in [5, 5.41) is 6.50. The van der Waals surface area contributed by atoms with Crippen molar-refractivity contribution in [2.45, 2.75) is 25.4 Å². The van der Waals surface area contributed by atoms with Crippen LogP contribution in [0.4, 0.5) is 4.39 Å². The van der Waals surface area contributed by atoms with E-state index in [4.69, 9.17) is 4.74 Å². The average Bonchev–Trinajstić information content (AvgIpc) is 3.44. The minimum absolute atomic E-state index is 0.0248. The zero-order valence-corrected chi connectivity index (χ0v) is 14.2. The summed E-state index contributed by atoms with van der Waals surface area (Å²) >= 11 is 0. The van der Waals surface area contributed by atoms with Crippen molar-refractivity contribution in [3.63, 3.8) is 0 Å². The van der Waals surface area contributed by atoms with Crippen molar-refractivity contribution in [1.29, 1.82) is 0 Å². The fraction of sp³-hybridized carbons (Fsp3) is 0.211. The first kappa shape index (κ1) is 17.0. The first-order valence-electron chi connectivity index (χ1n) is 8.45.